The summed E-state index contributed by atoms with van der Waals surface area (Å²) in [6.07, 6.45) is 0. The van der Waals surface area contributed by atoms with Crippen LogP contribution < -0.4 is 10.1 Å². The Morgan fingerprint density at radius 1 is 1.09 bits per heavy atom. The van der Waals surface area contributed by atoms with Crippen LogP contribution in [0.15, 0.2) is 42.5 Å². The van der Waals surface area contributed by atoms with Crippen LogP contribution in [0, 0.1) is 13.8 Å². The molecule has 4 nitrogen and oxygen atoms in total. The molecule has 0 atom stereocenters. The maximum absolute atomic E-state index is 12.1. The van der Waals surface area contributed by atoms with Crippen molar-refractivity contribution in [1.82, 2.24) is 4.90 Å². The van der Waals surface area contributed by atoms with Crippen LogP contribution in [0.3, 0.4) is 0 Å². The van der Waals surface area contributed by atoms with Gasteiger partial charge in [-0.05, 0) is 62.8 Å². The molecule has 0 radical (unpaired) electrons. The monoisotopic (exact) mass is 312 g/mol. The Balaban J connectivity index is 1.96. The van der Waals surface area contributed by atoms with Crippen LogP contribution in [0.1, 0.15) is 16.7 Å². The molecule has 122 valence electrons. The van der Waals surface area contributed by atoms with E-state index in [1.807, 2.05) is 70.4 Å². The highest BCUT2D eigenvalue weighted by Gasteiger charge is 2.08. The predicted octanol–water partition coefficient (Wildman–Crippen LogP) is 3.38. The molecule has 0 aliphatic heterocycles. The molecule has 23 heavy (non-hydrogen) atoms. The predicted molar refractivity (Wildman–Crippen MR) is 93.9 cm³/mol. The smallest absolute Gasteiger partial charge is 0.262 e. The lowest BCUT2D eigenvalue weighted by Crippen LogP contribution is -2.22. The Labute approximate surface area is 138 Å². The number of nitrogens with one attached hydrogen (secondary N) is 1. The van der Waals surface area contributed by atoms with E-state index < -0.39 is 0 Å². The second-order valence-corrected chi connectivity index (χ2v) is 5.98. The first kappa shape index (κ1) is 17.0. The number of nitrogens with zero attached hydrogens (tertiary/aromatic N) is 1. The number of benzene rings is 2. The molecule has 0 spiro atoms. The van der Waals surface area contributed by atoms with Gasteiger partial charge in [0, 0.05) is 12.2 Å². The number of anilines is 1. The fourth-order valence-corrected chi connectivity index (χ4v) is 2.26. The fraction of sp³-hybridized carbons (Fsp3) is 0.316. The average molecular weight is 312 g/mol. The molecule has 2 aromatic rings. The van der Waals surface area contributed by atoms with Crippen LogP contribution in [-0.2, 0) is 11.3 Å². The van der Waals surface area contributed by atoms with E-state index in [0.717, 1.165) is 23.4 Å². The molecular weight excluding hydrogens is 288 g/mol. The van der Waals surface area contributed by atoms with E-state index in [1.54, 1.807) is 0 Å². The van der Waals surface area contributed by atoms with Crippen molar-refractivity contribution < 1.29 is 9.53 Å². The van der Waals surface area contributed by atoms with E-state index >= 15 is 0 Å². The van der Waals surface area contributed by atoms with Crippen molar-refractivity contribution in [3.63, 3.8) is 0 Å². The zero-order chi connectivity index (χ0) is 16.8. The molecule has 0 bridgehead atoms. The Hall–Kier alpha value is -2.33. The van der Waals surface area contributed by atoms with Gasteiger partial charge in [-0.25, -0.2) is 0 Å². The van der Waals surface area contributed by atoms with E-state index in [9.17, 15) is 4.79 Å². The Morgan fingerprint density at radius 3 is 2.52 bits per heavy atom. The van der Waals surface area contributed by atoms with Crippen molar-refractivity contribution in [2.45, 2.75) is 20.4 Å². The molecule has 0 fully saturated rings. The maximum atomic E-state index is 12.1. The van der Waals surface area contributed by atoms with E-state index in [4.69, 9.17) is 4.74 Å². The van der Waals surface area contributed by atoms with E-state index in [2.05, 4.69) is 10.2 Å². The van der Waals surface area contributed by atoms with Crippen LogP contribution in [0.25, 0.3) is 0 Å². The minimum atomic E-state index is -0.158. The zero-order valence-electron chi connectivity index (χ0n) is 14.2. The van der Waals surface area contributed by atoms with Crippen LogP contribution in [0.5, 0.6) is 5.75 Å². The van der Waals surface area contributed by atoms with Gasteiger partial charge in [0.2, 0.25) is 0 Å². The van der Waals surface area contributed by atoms with Crippen molar-refractivity contribution in [3.05, 3.63) is 59.2 Å². The fourth-order valence-electron chi connectivity index (χ4n) is 2.26. The lowest BCUT2D eigenvalue weighted by atomic mass is 10.1. The maximum Gasteiger partial charge on any atom is 0.262 e. The molecule has 0 aromatic heterocycles. The third-order valence-electron chi connectivity index (χ3n) is 3.63. The summed E-state index contributed by atoms with van der Waals surface area (Å²) in [4.78, 5) is 14.2. The summed E-state index contributed by atoms with van der Waals surface area (Å²) in [6.45, 7) is 4.85. The quantitative estimate of drug-likeness (QED) is 0.889. The summed E-state index contributed by atoms with van der Waals surface area (Å²) in [5.41, 5.74) is 4.27. The molecule has 4 heteroatoms. The summed E-state index contributed by atoms with van der Waals surface area (Å²) in [5.74, 6) is 0.555. The van der Waals surface area contributed by atoms with Gasteiger partial charge in [0.1, 0.15) is 5.75 Å². The highest BCUT2D eigenvalue weighted by molar-refractivity contribution is 5.92. The first-order valence-electron chi connectivity index (χ1n) is 7.68. The number of hydrogen-bond donors (Lipinski definition) is 1. The number of carbonyl (C=O) groups excluding carboxylic acids is 1. The van der Waals surface area contributed by atoms with Gasteiger partial charge in [0.25, 0.3) is 5.91 Å². The van der Waals surface area contributed by atoms with E-state index in [0.29, 0.717) is 5.75 Å². The summed E-state index contributed by atoms with van der Waals surface area (Å²) >= 11 is 0. The van der Waals surface area contributed by atoms with Gasteiger partial charge in [-0.2, -0.15) is 0 Å². The lowest BCUT2D eigenvalue weighted by molar-refractivity contribution is -0.118. The molecule has 2 rings (SSSR count). The summed E-state index contributed by atoms with van der Waals surface area (Å²) < 4.78 is 5.57. The van der Waals surface area contributed by atoms with Crippen LogP contribution in [-0.4, -0.2) is 31.5 Å². The molecule has 0 unspecified atom stereocenters. The van der Waals surface area contributed by atoms with Crippen molar-refractivity contribution in [3.8, 4) is 5.75 Å². The molecule has 0 saturated heterocycles. The number of aryl methyl sites for hydroxylation is 2. The van der Waals surface area contributed by atoms with Crippen LogP contribution >= 0.6 is 0 Å². The Bertz CT molecular complexity index is 681. The topological polar surface area (TPSA) is 41.6 Å². The lowest BCUT2D eigenvalue weighted by Gasteiger charge is -2.15. The van der Waals surface area contributed by atoms with E-state index in [1.165, 1.54) is 5.56 Å². The third-order valence-corrected chi connectivity index (χ3v) is 3.63. The third kappa shape index (κ3) is 5.11. The second-order valence-electron chi connectivity index (χ2n) is 5.98. The molecule has 1 amide bonds. The van der Waals surface area contributed by atoms with Gasteiger partial charge in [0.15, 0.2) is 6.61 Å². The van der Waals surface area contributed by atoms with Gasteiger partial charge in [-0.15, -0.1) is 0 Å². The number of ether oxygens (including phenoxy) is 1. The highest BCUT2D eigenvalue weighted by Crippen LogP contribution is 2.18. The van der Waals surface area contributed by atoms with Gasteiger partial charge in [-0.1, -0.05) is 24.3 Å². The first-order chi connectivity index (χ1) is 11.0. The first-order valence-corrected chi connectivity index (χ1v) is 7.68. The Morgan fingerprint density at radius 2 is 1.83 bits per heavy atom. The molecular formula is C19H24N2O2. The van der Waals surface area contributed by atoms with Crippen molar-refractivity contribution in [2.75, 3.05) is 26.0 Å². The van der Waals surface area contributed by atoms with Gasteiger partial charge >= 0.3 is 0 Å². The molecule has 0 saturated carbocycles. The minimum absolute atomic E-state index is 0.00119. The normalized spacial score (nSPS) is 10.7. The molecule has 0 aliphatic rings. The molecule has 0 aliphatic carbocycles. The standard InChI is InChI=1S/C19H24N2O2/c1-14-9-10-17(11-15(14)2)23-13-19(22)20-18-8-6-5-7-16(18)12-21(3)4/h5-11H,12-13H2,1-4H3,(H,20,22). The largest absolute Gasteiger partial charge is 0.484 e. The number of carbonyl (C=O) groups is 1. The summed E-state index contributed by atoms with van der Waals surface area (Å²) in [7, 11) is 4.00. The number of para-hydroxylation sites is 1. The molecule has 2 aromatic carbocycles. The molecule has 1 N–H and O–H groups in total. The summed E-state index contributed by atoms with van der Waals surface area (Å²) in [6, 6.07) is 13.6. The van der Waals surface area contributed by atoms with Crippen molar-refractivity contribution >= 4 is 11.6 Å². The average Bonchev–Trinajstić information content (AvgIpc) is 2.50. The van der Waals surface area contributed by atoms with Crippen molar-refractivity contribution in [2.24, 2.45) is 0 Å². The zero-order valence-corrected chi connectivity index (χ0v) is 14.2. The van der Waals surface area contributed by atoms with Crippen molar-refractivity contribution in [1.29, 1.82) is 0 Å². The van der Waals surface area contributed by atoms with Gasteiger partial charge in [-0.3, -0.25) is 4.79 Å². The number of amides is 1. The SMILES string of the molecule is Cc1ccc(OCC(=O)Nc2ccccc2CN(C)C)cc1C. The van der Waals surface area contributed by atoms with E-state index in [-0.39, 0.29) is 12.5 Å². The van der Waals surface area contributed by atoms with Gasteiger partial charge < -0.3 is 15.0 Å². The number of rotatable bonds is 6. The second kappa shape index (κ2) is 7.79. The van der Waals surface area contributed by atoms with Crippen LogP contribution in [0.4, 0.5) is 5.69 Å². The number of hydrogen-bond acceptors (Lipinski definition) is 3. The highest BCUT2D eigenvalue weighted by atomic mass is 16.5. The van der Waals surface area contributed by atoms with Gasteiger partial charge in [0.05, 0.1) is 0 Å². The Kier molecular flexibility index (Phi) is 5.77. The van der Waals surface area contributed by atoms with Crippen LogP contribution in [0.2, 0.25) is 0 Å². The molecule has 0 heterocycles. The minimum Gasteiger partial charge on any atom is -0.484 e. The summed E-state index contributed by atoms with van der Waals surface area (Å²) in [5, 5.41) is 2.92.